The Labute approximate surface area is 98.4 Å². The number of hydrogen-bond acceptors (Lipinski definition) is 5. The molecule has 0 unspecified atom stereocenters. The Morgan fingerprint density at radius 1 is 1.67 bits per heavy atom. The number of hydrogen-bond donors (Lipinski definition) is 1. The predicted octanol–water partition coefficient (Wildman–Crippen LogP) is 1.43. The maximum atomic E-state index is 12.6. The first kappa shape index (κ1) is 13.4. The summed E-state index contributed by atoms with van der Waals surface area (Å²) in [6.45, 7) is 0. The van der Waals surface area contributed by atoms with Gasteiger partial charge in [0.05, 0.1) is 16.9 Å². The summed E-state index contributed by atoms with van der Waals surface area (Å²) in [7, 11) is 0. The van der Waals surface area contributed by atoms with Gasteiger partial charge in [-0.1, -0.05) is 0 Å². The Hall–Kier alpha value is -2.63. The molecule has 0 atom stereocenters. The minimum Gasteiger partial charge on any atom is -0.481 e. The second kappa shape index (κ2) is 5.13. The third-order valence-corrected chi connectivity index (χ3v) is 2.04. The van der Waals surface area contributed by atoms with Gasteiger partial charge in [-0.3, -0.25) is 14.9 Å². The SMILES string of the molecule is N#Cc1ncc(C(F)F)c(CC(=O)O)c1[N+](=O)[O-]. The van der Waals surface area contributed by atoms with Crippen molar-refractivity contribution in [1.82, 2.24) is 4.98 Å². The Balaban J connectivity index is 3.60. The highest BCUT2D eigenvalue weighted by molar-refractivity contribution is 5.73. The third-order valence-electron chi connectivity index (χ3n) is 2.04. The molecule has 1 rings (SSSR count). The van der Waals surface area contributed by atoms with Crippen LogP contribution in [-0.4, -0.2) is 21.0 Å². The second-order valence-electron chi connectivity index (χ2n) is 3.13. The van der Waals surface area contributed by atoms with Crippen LogP contribution >= 0.6 is 0 Å². The van der Waals surface area contributed by atoms with E-state index in [0.717, 1.165) is 0 Å². The zero-order valence-electron chi connectivity index (χ0n) is 8.63. The van der Waals surface area contributed by atoms with Gasteiger partial charge in [-0.15, -0.1) is 0 Å². The summed E-state index contributed by atoms with van der Waals surface area (Å²) < 4.78 is 25.2. The molecule has 0 aliphatic carbocycles. The van der Waals surface area contributed by atoms with Crippen molar-refractivity contribution in [2.24, 2.45) is 0 Å². The normalized spacial score (nSPS) is 10.1. The lowest BCUT2D eigenvalue weighted by Gasteiger charge is -2.07. The average molecular weight is 257 g/mol. The highest BCUT2D eigenvalue weighted by Crippen LogP contribution is 2.31. The zero-order valence-corrected chi connectivity index (χ0v) is 8.63. The monoisotopic (exact) mass is 257 g/mol. The van der Waals surface area contributed by atoms with Crippen molar-refractivity contribution in [3.05, 3.63) is 33.1 Å². The minimum absolute atomic E-state index is 0.578. The van der Waals surface area contributed by atoms with E-state index in [2.05, 4.69) is 4.98 Å². The van der Waals surface area contributed by atoms with Crippen molar-refractivity contribution in [3.8, 4) is 6.07 Å². The second-order valence-corrected chi connectivity index (χ2v) is 3.13. The summed E-state index contributed by atoms with van der Waals surface area (Å²) in [5.41, 5.74) is -3.24. The molecule has 0 saturated heterocycles. The molecule has 0 aromatic carbocycles. The summed E-state index contributed by atoms with van der Waals surface area (Å²) in [6, 6.07) is 1.37. The van der Waals surface area contributed by atoms with Gasteiger partial charge in [0.15, 0.2) is 0 Å². The van der Waals surface area contributed by atoms with Crippen molar-refractivity contribution in [1.29, 1.82) is 5.26 Å². The quantitative estimate of drug-likeness (QED) is 0.643. The lowest BCUT2D eigenvalue weighted by Crippen LogP contribution is -2.10. The van der Waals surface area contributed by atoms with E-state index in [-0.39, 0.29) is 0 Å². The Kier molecular flexibility index (Phi) is 3.83. The smallest absolute Gasteiger partial charge is 0.309 e. The van der Waals surface area contributed by atoms with Crippen molar-refractivity contribution in [2.45, 2.75) is 12.8 Å². The fourth-order valence-corrected chi connectivity index (χ4v) is 1.36. The van der Waals surface area contributed by atoms with Crippen LogP contribution in [0.4, 0.5) is 14.5 Å². The number of carboxylic acids is 1. The molecule has 0 saturated carbocycles. The summed E-state index contributed by atoms with van der Waals surface area (Å²) in [6.07, 6.45) is -3.51. The number of aromatic nitrogens is 1. The molecule has 9 heteroatoms. The average Bonchev–Trinajstić information content (AvgIpc) is 2.26. The number of halogens is 2. The summed E-state index contributed by atoms with van der Waals surface area (Å²) in [5.74, 6) is -1.52. The van der Waals surface area contributed by atoms with Crippen molar-refractivity contribution >= 4 is 11.7 Å². The molecule has 0 amide bonds. The molecule has 1 N–H and O–H groups in total. The van der Waals surface area contributed by atoms with E-state index in [1.165, 1.54) is 6.07 Å². The van der Waals surface area contributed by atoms with Gasteiger partial charge >= 0.3 is 11.7 Å². The predicted molar refractivity (Wildman–Crippen MR) is 51.9 cm³/mol. The molecule has 0 bridgehead atoms. The van der Waals surface area contributed by atoms with Crippen LogP contribution in [-0.2, 0) is 11.2 Å². The maximum Gasteiger partial charge on any atom is 0.309 e. The van der Waals surface area contributed by atoms with Gasteiger partial charge < -0.3 is 5.11 Å². The Bertz CT molecular complexity index is 553. The molecule has 0 fully saturated rings. The van der Waals surface area contributed by atoms with Crippen LogP contribution in [0.5, 0.6) is 0 Å². The van der Waals surface area contributed by atoms with Crippen molar-refractivity contribution in [3.63, 3.8) is 0 Å². The molecule has 1 heterocycles. The zero-order chi connectivity index (χ0) is 13.9. The number of nitrogens with zero attached hydrogens (tertiary/aromatic N) is 3. The standard InChI is InChI=1S/C9H5F2N3O4/c10-9(11)5-3-13-6(2-12)8(14(17)18)4(5)1-7(15)16/h3,9H,1H2,(H,15,16). The first-order valence-corrected chi connectivity index (χ1v) is 4.44. The molecule has 0 radical (unpaired) electrons. The van der Waals surface area contributed by atoms with E-state index >= 15 is 0 Å². The van der Waals surface area contributed by atoms with E-state index in [9.17, 15) is 23.7 Å². The van der Waals surface area contributed by atoms with E-state index in [1.54, 1.807) is 0 Å². The first-order chi connectivity index (χ1) is 8.38. The third kappa shape index (κ3) is 2.54. The minimum atomic E-state index is -3.11. The van der Waals surface area contributed by atoms with Crippen LogP contribution in [0.1, 0.15) is 23.2 Å². The van der Waals surface area contributed by atoms with Gasteiger partial charge in [0, 0.05) is 11.8 Å². The molecule has 94 valence electrons. The molecule has 0 aliphatic rings. The highest BCUT2D eigenvalue weighted by Gasteiger charge is 2.29. The fraction of sp³-hybridized carbons (Fsp3) is 0.222. The van der Waals surface area contributed by atoms with E-state index < -0.39 is 46.2 Å². The highest BCUT2D eigenvalue weighted by atomic mass is 19.3. The number of nitriles is 1. The lowest BCUT2D eigenvalue weighted by atomic mass is 10.0. The summed E-state index contributed by atoms with van der Waals surface area (Å²) in [4.78, 5) is 23.4. The van der Waals surface area contributed by atoms with Gasteiger partial charge in [-0.05, 0) is 0 Å². The number of carbonyl (C=O) groups is 1. The molecular formula is C9H5F2N3O4. The van der Waals surface area contributed by atoms with Gasteiger partial charge in [0.2, 0.25) is 5.69 Å². The summed E-state index contributed by atoms with van der Waals surface area (Å²) in [5, 5.41) is 27.9. The summed E-state index contributed by atoms with van der Waals surface area (Å²) >= 11 is 0. The molecule has 18 heavy (non-hydrogen) atoms. The number of rotatable bonds is 4. The van der Waals surface area contributed by atoms with Crippen LogP contribution in [0.15, 0.2) is 6.20 Å². The number of carboxylic acid groups (broad SMARTS) is 1. The van der Waals surface area contributed by atoms with Crippen LogP contribution in [0.25, 0.3) is 0 Å². The molecule has 0 spiro atoms. The lowest BCUT2D eigenvalue weighted by molar-refractivity contribution is -0.386. The van der Waals surface area contributed by atoms with Gasteiger partial charge in [-0.25, -0.2) is 13.8 Å². The largest absolute Gasteiger partial charge is 0.481 e. The molecule has 7 nitrogen and oxygen atoms in total. The van der Waals surface area contributed by atoms with Crippen LogP contribution in [0, 0.1) is 21.4 Å². The topological polar surface area (TPSA) is 117 Å². The van der Waals surface area contributed by atoms with Crippen LogP contribution in [0.3, 0.4) is 0 Å². The van der Waals surface area contributed by atoms with Gasteiger partial charge in [0.25, 0.3) is 6.43 Å². The maximum absolute atomic E-state index is 12.6. The van der Waals surface area contributed by atoms with E-state index in [4.69, 9.17) is 10.4 Å². The Morgan fingerprint density at radius 2 is 2.28 bits per heavy atom. The van der Waals surface area contributed by atoms with E-state index in [1.807, 2.05) is 0 Å². The van der Waals surface area contributed by atoms with Crippen LogP contribution < -0.4 is 0 Å². The number of alkyl halides is 2. The number of pyridine rings is 1. The van der Waals surface area contributed by atoms with E-state index in [0.29, 0.717) is 6.20 Å². The molecule has 1 aromatic heterocycles. The van der Waals surface area contributed by atoms with Gasteiger partial charge in [-0.2, -0.15) is 5.26 Å². The number of aliphatic carboxylic acids is 1. The molecular weight excluding hydrogens is 252 g/mol. The number of nitro groups is 1. The molecule has 0 aliphatic heterocycles. The van der Waals surface area contributed by atoms with Gasteiger partial charge in [0.1, 0.15) is 6.07 Å². The van der Waals surface area contributed by atoms with Crippen molar-refractivity contribution in [2.75, 3.05) is 0 Å². The first-order valence-electron chi connectivity index (χ1n) is 4.44. The fourth-order valence-electron chi connectivity index (χ4n) is 1.36. The van der Waals surface area contributed by atoms with Crippen LogP contribution in [0.2, 0.25) is 0 Å². The Morgan fingerprint density at radius 3 is 2.67 bits per heavy atom. The molecule has 1 aromatic rings. The van der Waals surface area contributed by atoms with Crippen molar-refractivity contribution < 1.29 is 23.6 Å².